The smallest absolute Gasteiger partial charge is 0.0412 e. The van der Waals surface area contributed by atoms with Gasteiger partial charge in [0.05, 0.1) is 0 Å². The molecular weight excluding hydrogens is 232 g/mol. The Balaban J connectivity index is 2.24. The van der Waals surface area contributed by atoms with Gasteiger partial charge in [0.2, 0.25) is 0 Å². The summed E-state index contributed by atoms with van der Waals surface area (Å²) in [6.45, 7) is 4.04. The van der Waals surface area contributed by atoms with Crippen molar-refractivity contribution >= 4 is 11.6 Å². The second-order valence-corrected chi connectivity index (χ2v) is 5.48. The molecule has 0 radical (unpaired) electrons. The molecule has 0 aromatic heterocycles. The van der Waals surface area contributed by atoms with Crippen LogP contribution in [0.2, 0.25) is 5.02 Å². The lowest BCUT2D eigenvalue weighted by Gasteiger charge is -2.20. The Morgan fingerprint density at radius 1 is 1.41 bits per heavy atom. The monoisotopic (exact) mass is 252 g/mol. The molecule has 2 nitrogen and oxygen atoms in total. The van der Waals surface area contributed by atoms with Crippen molar-refractivity contribution in [3.8, 4) is 0 Å². The summed E-state index contributed by atoms with van der Waals surface area (Å²) in [6, 6.07) is 6.92. The summed E-state index contributed by atoms with van der Waals surface area (Å²) in [7, 11) is 2.17. The maximum atomic E-state index is 6.18. The Bertz CT molecular complexity index is 392. The molecule has 2 rings (SSSR count). The van der Waals surface area contributed by atoms with Gasteiger partial charge in [-0.05, 0) is 55.6 Å². The summed E-state index contributed by atoms with van der Waals surface area (Å²) >= 11 is 6.18. The van der Waals surface area contributed by atoms with E-state index in [2.05, 4.69) is 37.1 Å². The average molecular weight is 253 g/mol. The first-order valence-electron chi connectivity index (χ1n) is 6.33. The topological polar surface area (TPSA) is 29.3 Å². The first kappa shape index (κ1) is 12.9. The van der Waals surface area contributed by atoms with Gasteiger partial charge in [0.1, 0.15) is 0 Å². The Hall–Kier alpha value is -0.570. The van der Waals surface area contributed by atoms with Gasteiger partial charge in [-0.2, -0.15) is 0 Å². The summed E-state index contributed by atoms with van der Waals surface area (Å²) in [6.07, 6.45) is 2.18. The minimum atomic E-state index is 0.479. The van der Waals surface area contributed by atoms with Crippen LogP contribution < -0.4 is 5.73 Å². The number of aryl methyl sites for hydroxylation is 1. The van der Waals surface area contributed by atoms with E-state index in [9.17, 15) is 0 Å². The maximum Gasteiger partial charge on any atom is 0.0412 e. The predicted octanol–water partition coefficient (Wildman–Crippen LogP) is 2.85. The van der Waals surface area contributed by atoms with Crippen LogP contribution in [-0.2, 0) is 6.42 Å². The van der Waals surface area contributed by atoms with Crippen LogP contribution >= 0.6 is 11.6 Å². The van der Waals surface area contributed by atoms with E-state index in [1.807, 2.05) is 0 Å². The van der Waals surface area contributed by atoms with Crippen molar-refractivity contribution in [1.29, 1.82) is 0 Å². The summed E-state index contributed by atoms with van der Waals surface area (Å²) < 4.78 is 0. The van der Waals surface area contributed by atoms with Crippen molar-refractivity contribution in [3.05, 3.63) is 34.3 Å². The standard InChI is InChI=1S/C14H21ClN2/c1-3-10-4-12(7-13(15)5-10)14-6-11(8-16)9-17(14)2/h4-5,7,11,14H,3,6,8-9,16H2,1-2H3. The Morgan fingerprint density at radius 3 is 2.76 bits per heavy atom. The fourth-order valence-electron chi connectivity index (χ4n) is 2.74. The lowest BCUT2D eigenvalue weighted by molar-refractivity contribution is 0.313. The molecule has 17 heavy (non-hydrogen) atoms. The maximum absolute atomic E-state index is 6.18. The van der Waals surface area contributed by atoms with Crippen molar-refractivity contribution in [2.45, 2.75) is 25.8 Å². The molecule has 1 saturated heterocycles. The third kappa shape index (κ3) is 2.82. The van der Waals surface area contributed by atoms with Gasteiger partial charge in [0.25, 0.3) is 0 Å². The molecule has 2 atom stereocenters. The van der Waals surface area contributed by atoms with Crippen molar-refractivity contribution in [2.75, 3.05) is 20.1 Å². The van der Waals surface area contributed by atoms with E-state index < -0.39 is 0 Å². The van der Waals surface area contributed by atoms with Gasteiger partial charge < -0.3 is 5.73 Å². The van der Waals surface area contributed by atoms with Crippen LogP contribution in [0.15, 0.2) is 18.2 Å². The summed E-state index contributed by atoms with van der Waals surface area (Å²) in [5, 5.41) is 0.851. The second-order valence-electron chi connectivity index (χ2n) is 5.04. The number of likely N-dealkylation sites (tertiary alicyclic amines) is 1. The fraction of sp³-hybridized carbons (Fsp3) is 0.571. The van der Waals surface area contributed by atoms with E-state index in [1.165, 1.54) is 11.1 Å². The van der Waals surface area contributed by atoms with Crippen LogP contribution in [-0.4, -0.2) is 25.0 Å². The molecule has 2 N–H and O–H groups in total. The highest BCUT2D eigenvalue weighted by molar-refractivity contribution is 6.30. The Labute approximate surface area is 109 Å². The SMILES string of the molecule is CCc1cc(Cl)cc(C2CC(CN)CN2C)c1. The van der Waals surface area contributed by atoms with Crippen molar-refractivity contribution in [1.82, 2.24) is 4.90 Å². The van der Waals surface area contributed by atoms with E-state index >= 15 is 0 Å². The molecule has 1 fully saturated rings. The van der Waals surface area contributed by atoms with Gasteiger partial charge in [0.15, 0.2) is 0 Å². The molecule has 94 valence electrons. The van der Waals surface area contributed by atoms with Crippen LogP contribution in [0.4, 0.5) is 0 Å². The van der Waals surface area contributed by atoms with Crippen molar-refractivity contribution in [2.24, 2.45) is 11.7 Å². The number of nitrogens with two attached hydrogens (primary N) is 1. The van der Waals surface area contributed by atoms with E-state index in [-0.39, 0.29) is 0 Å². The summed E-state index contributed by atoms with van der Waals surface area (Å²) in [5.74, 6) is 0.619. The number of rotatable bonds is 3. The molecule has 0 saturated carbocycles. The zero-order chi connectivity index (χ0) is 12.4. The molecule has 0 amide bonds. The molecule has 1 aromatic carbocycles. The van der Waals surface area contributed by atoms with E-state index in [0.717, 1.165) is 31.0 Å². The largest absolute Gasteiger partial charge is 0.330 e. The minimum Gasteiger partial charge on any atom is -0.330 e. The number of hydrogen-bond donors (Lipinski definition) is 1. The molecule has 3 heteroatoms. The number of benzene rings is 1. The van der Waals surface area contributed by atoms with E-state index in [4.69, 9.17) is 17.3 Å². The highest BCUT2D eigenvalue weighted by Gasteiger charge is 2.29. The quantitative estimate of drug-likeness (QED) is 0.897. The number of halogens is 1. The molecular formula is C14H21ClN2. The van der Waals surface area contributed by atoms with Gasteiger partial charge in [0, 0.05) is 17.6 Å². The molecule has 1 aliphatic heterocycles. The van der Waals surface area contributed by atoms with Gasteiger partial charge in [-0.1, -0.05) is 24.6 Å². The second kappa shape index (κ2) is 5.38. The normalized spacial score (nSPS) is 25.4. The molecule has 2 unspecified atom stereocenters. The molecule has 1 aromatic rings. The molecule has 0 spiro atoms. The van der Waals surface area contributed by atoms with Gasteiger partial charge in [-0.25, -0.2) is 0 Å². The van der Waals surface area contributed by atoms with Crippen LogP contribution in [0.1, 0.15) is 30.5 Å². The van der Waals surface area contributed by atoms with Gasteiger partial charge >= 0.3 is 0 Å². The fourth-order valence-corrected chi connectivity index (χ4v) is 3.00. The van der Waals surface area contributed by atoms with Crippen LogP contribution in [0.25, 0.3) is 0 Å². The zero-order valence-electron chi connectivity index (χ0n) is 10.6. The molecule has 1 heterocycles. The van der Waals surface area contributed by atoms with Gasteiger partial charge in [-0.3, -0.25) is 4.90 Å². The van der Waals surface area contributed by atoms with Crippen LogP contribution in [0, 0.1) is 5.92 Å². The molecule has 0 bridgehead atoms. The van der Waals surface area contributed by atoms with Gasteiger partial charge in [-0.15, -0.1) is 0 Å². The third-order valence-electron chi connectivity index (χ3n) is 3.74. The number of hydrogen-bond acceptors (Lipinski definition) is 2. The van der Waals surface area contributed by atoms with Crippen molar-refractivity contribution in [3.63, 3.8) is 0 Å². The van der Waals surface area contributed by atoms with E-state index in [0.29, 0.717) is 12.0 Å². The van der Waals surface area contributed by atoms with E-state index in [1.54, 1.807) is 0 Å². The third-order valence-corrected chi connectivity index (χ3v) is 3.96. The predicted molar refractivity (Wildman–Crippen MR) is 73.4 cm³/mol. The van der Waals surface area contributed by atoms with Crippen molar-refractivity contribution < 1.29 is 0 Å². The molecule has 0 aliphatic carbocycles. The summed E-state index contributed by atoms with van der Waals surface area (Å²) in [5.41, 5.74) is 8.43. The lowest BCUT2D eigenvalue weighted by atomic mass is 9.98. The first-order chi connectivity index (χ1) is 8.13. The minimum absolute atomic E-state index is 0.479. The number of nitrogens with zero attached hydrogens (tertiary/aromatic N) is 1. The van der Waals surface area contributed by atoms with Crippen LogP contribution in [0.5, 0.6) is 0 Å². The summed E-state index contributed by atoms with van der Waals surface area (Å²) in [4.78, 5) is 2.39. The Kier molecular flexibility index (Phi) is 4.08. The lowest BCUT2D eigenvalue weighted by Crippen LogP contribution is -2.20. The highest BCUT2D eigenvalue weighted by atomic mass is 35.5. The Morgan fingerprint density at radius 2 is 2.18 bits per heavy atom. The zero-order valence-corrected chi connectivity index (χ0v) is 11.4. The highest BCUT2D eigenvalue weighted by Crippen LogP contribution is 2.35. The first-order valence-corrected chi connectivity index (χ1v) is 6.71. The molecule has 1 aliphatic rings. The van der Waals surface area contributed by atoms with Crippen LogP contribution in [0.3, 0.4) is 0 Å². The average Bonchev–Trinajstić information content (AvgIpc) is 2.69.